The molecule has 0 saturated carbocycles. The van der Waals surface area contributed by atoms with Gasteiger partial charge in [0, 0.05) is 0 Å². The van der Waals surface area contributed by atoms with Crippen molar-refractivity contribution in [3.63, 3.8) is 0 Å². The standard InChI is InChI=1S/C33H78O11Si7/c1-45(2,3)35-23-25-27(39-46(4,5)6)29(41-48(10,11)12)30(42-49(13,14)15)32(37-25)38-26-24(22-34)36-33(44-51(19,20)21)31(43-50(16,17)18)28(26)40-47(7,8)9/h24-34H,22-23H2,1-21H3. The fourth-order valence-corrected chi connectivity index (χ4v) is 12.9. The zero-order valence-electron chi connectivity index (χ0n) is 36.2. The Kier molecular flexibility index (Phi) is 16.7. The van der Waals surface area contributed by atoms with Gasteiger partial charge in [0.2, 0.25) is 0 Å². The van der Waals surface area contributed by atoms with E-state index < -0.39 is 120 Å². The lowest BCUT2D eigenvalue weighted by Gasteiger charge is -2.54. The van der Waals surface area contributed by atoms with Gasteiger partial charge in [0.1, 0.15) is 48.8 Å². The molecule has 10 atom stereocenters. The summed E-state index contributed by atoms with van der Waals surface area (Å²) >= 11 is 0. The maximum atomic E-state index is 11.0. The molecule has 51 heavy (non-hydrogen) atoms. The zero-order chi connectivity index (χ0) is 39.8. The highest BCUT2D eigenvalue weighted by Gasteiger charge is 2.57. The summed E-state index contributed by atoms with van der Waals surface area (Å²) in [6.45, 7) is 45.5. The smallest absolute Gasteiger partial charge is 0.187 e. The Balaban J connectivity index is 2.82. The molecule has 304 valence electrons. The summed E-state index contributed by atoms with van der Waals surface area (Å²) in [7, 11) is -15.0. The van der Waals surface area contributed by atoms with E-state index in [4.69, 9.17) is 45.2 Å². The molecule has 11 nitrogen and oxygen atoms in total. The Morgan fingerprint density at radius 1 is 0.373 bits per heavy atom. The van der Waals surface area contributed by atoms with Crippen LogP contribution in [0.15, 0.2) is 0 Å². The van der Waals surface area contributed by atoms with Crippen molar-refractivity contribution in [3.8, 4) is 0 Å². The van der Waals surface area contributed by atoms with Crippen LogP contribution in [0.1, 0.15) is 0 Å². The number of hydrogen-bond acceptors (Lipinski definition) is 11. The fourth-order valence-electron chi connectivity index (χ4n) is 5.94. The second-order valence-corrected chi connectivity index (χ2v) is 52.3. The fraction of sp³-hybridized carbons (Fsp3) is 1.00. The minimum Gasteiger partial charge on any atom is -0.415 e. The van der Waals surface area contributed by atoms with E-state index in [-0.39, 0.29) is 6.61 Å². The molecule has 2 aliphatic rings. The molecule has 2 aliphatic heterocycles. The van der Waals surface area contributed by atoms with E-state index >= 15 is 0 Å². The van der Waals surface area contributed by atoms with Crippen molar-refractivity contribution < 1.29 is 50.3 Å². The number of hydrogen-bond donors (Lipinski definition) is 1. The van der Waals surface area contributed by atoms with Crippen LogP contribution >= 0.6 is 0 Å². The molecule has 2 heterocycles. The predicted molar refractivity (Wildman–Crippen MR) is 224 cm³/mol. The first-order valence-electron chi connectivity index (χ1n) is 18.8. The molecule has 2 rings (SSSR count). The van der Waals surface area contributed by atoms with Crippen molar-refractivity contribution in [2.45, 2.75) is 199 Å². The van der Waals surface area contributed by atoms with Crippen molar-refractivity contribution in [2.24, 2.45) is 0 Å². The lowest BCUT2D eigenvalue weighted by molar-refractivity contribution is -0.345. The molecule has 0 spiro atoms. The first-order chi connectivity index (χ1) is 22.6. The molecule has 1 N–H and O–H groups in total. The first kappa shape index (κ1) is 48.2. The van der Waals surface area contributed by atoms with Gasteiger partial charge in [0.15, 0.2) is 70.8 Å². The van der Waals surface area contributed by atoms with Gasteiger partial charge in [-0.05, 0) is 137 Å². The van der Waals surface area contributed by atoms with E-state index in [0.29, 0.717) is 6.61 Å². The van der Waals surface area contributed by atoms with Gasteiger partial charge >= 0.3 is 0 Å². The lowest BCUT2D eigenvalue weighted by Crippen LogP contribution is -2.70. The van der Waals surface area contributed by atoms with Crippen LogP contribution in [0.3, 0.4) is 0 Å². The minimum atomic E-state index is -2.23. The van der Waals surface area contributed by atoms with Gasteiger partial charge in [-0.1, -0.05) is 0 Å². The van der Waals surface area contributed by atoms with Crippen LogP contribution in [0.4, 0.5) is 0 Å². The molecule has 0 aromatic heterocycles. The normalized spacial score (nSPS) is 32.4. The van der Waals surface area contributed by atoms with E-state index in [1.165, 1.54) is 0 Å². The van der Waals surface area contributed by atoms with E-state index in [0.717, 1.165) is 0 Å². The summed E-state index contributed by atoms with van der Waals surface area (Å²) in [4.78, 5) is 0. The Labute approximate surface area is 319 Å². The van der Waals surface area contributed by atoms with Crippen LogP contribution in [0.2, 0.25) is 137 Å². The summed E-state index contributed by atoms with van der Waals surface area (Å²) in [6.07, 6.45) is -6.34. The Bertz CT molecular complexity index is 1070. The largest absolute Gasteiger partial charge is 0.415 e. The van der Waals surface area contributed by atoms with Crippen molar-refractivity contribution in [1.29, 1.82) is 0 Å². The molecule has 0 aromatic rings. The van der Waals surface area contributed by atoms with Gasteiger partial charge in [-0.3, -0.25) is 0 Å². The molecule has 0 aliphatic carbocycles. The molecule has 0 bridgehead atoms. The summed E-state index contributed by atoms with van der Waals surface area (Å²) in [5, 5.41) is 11.0. The average molecular weight is 848 g/mol. The summed E-state index contributed by atoms with van der Waals surface area (Å²) in [5.74, 6) is 0. The second-order valence-electron chi connectivity index (χ2n) is 21.0. The molecule has 2 fully saturated rings. The molecule has 0 aromatic carbocycles. The van der Waals surface area contributed by atoms with Gasteiger partial charge in [-0.15, -0.1) is 0 Å². The molecule has 2 saturated heterocycles. The van der Waals surface area contributed by atoms with Gasteiger partial charge in [-0.25, -0.2) is 0 Å². The van der Waals surface area contributed by atoms with Gasteiger partial charge < -0.3 is 50.3 Å². The topological polar surface area (TPSA) is 113 Å². The molecule has 18 heteroatoms. The highest BCUT2D eigenvalue weighted by molar-refractivity contribution is 6.72. The van der Waals surface area contributed by atoms with Crippen LogP contribution in [0, 0.1) is 0 Å². The van der Waals surface area contributed by atoms with Crippen LogP contribution < -0.4 is 0 Å². The van der Waals surface area contributed by atoms with Crippen molar-refractivity contribution in [2.75, 3.05) is 13.2 Å². The third kappa shape index (κ3) is 17.8. The summed E-state index contributed by atoms with van der Waals surface area (Å²) < 4.78 is 69.1. The molecular weight excluding hydrogens is 769 g/mol. The van der Waals surface area contributed by atoms with Crippen LogP contribution in [-0.2, 0) is 45.2 Å². The van der Waals surface area contributed by atoms with Gasteiger partial charge in [0.25, 0.3) is 0 Å². The SMILES string of the molecule is C[Si](C)(C)OCC1OC(OC2C(CO)OC(O[Si](C)(C)C)C(O[Si](C)(C)C)C2O[Si](C)(C)C)C(O[Si](C)(C)C)C(O[Si](C)(C)C)C1O[Si](C)(C)C. The van der Waals surface area contributed by atoms with Crippen LogP contribution in [0.25, 0.3) is 0 Å². The number of aliphatic hydroxyl groups is 1. The van der Waals surface area contributed by atoms with Crippen molar-refractivity contribution in [3.05, 3.63) is 0 Å². The Morgan fingerprint density at radius 2 is 0.706 bits per heavy atom. The molecular formula is C33H78O11Si7. The highest BCUT2D eigenvalue weighted by Crippen LogP contribution is 2.39. The average Bonchev–Trinajstić information content (AvgIpc) is 2.84. The van der Waals surface area contributed by atoms with Crippen molar-refractivity contribution in [1.82, 2.24) is 0 Å². The van der Waals surface area contributed by atoms with Crippen molar-refractivity contribution >= 4 is 58.2 Å². The highest BCUT2D eigenvalue weighted by atomic mass is 28.4. The predicted octanol–water partition coefficient (Wildman–Crippen LogP) is 7.62. The number of rotatable bonds is 18. The molecule has 0 radical (unpaired) electrons. The maximum absolute atomic E-state index is 11.0. The van der Waals surface area contributed by atoms with E-state index in [2.05, 4.69) is 137 Å². The van der Waals surface area contributed by atoms with E-state index in [9.17, 15) is 5.11 Å². The molecule has 10 unspecified atom stereocenters. The third-order valence-corrected chi connectivity index (χ3v) is 14.1. The summed E-state index contributed by atoms with van der Waals surface area (Å²) in [6, 6.07) is 0. The minimum absolute atomic E-state index is 0.300. The van der Waals surface area contributed by atoms with Crippen LogP contribution in [0.5, 0.6) is 0 Å². The Hall–Kier alpha value is 1.08. The molecule has 0 amide bonds. The third-order valence-electron chi connectivity index (χ3n) is 7.25. The quantitative estimate of drug-likeness (QED) is 0.138. The van der Waals surface area contributed by atoms with Gasteiger partial charge in [-0.2, -0.15) is 0 Å². The lowest BCUT2D eigenvalue weighted by atomic mass is 9.97. The second kappa shape index (κ2) is 17.7. The first-order valence-corrected chi connectivity index (χ1v) is 42.7. The Morgan fingerprint density at radius 3 is 1.08 bits per heavy atom. The van der Waals surface area contributed by atoms with Gasteiger partial charge in [0.05, 0.1) is 13.2 Å². The monoisotopic (exact) mass is 846 g/mol. The zero-order valence-corrected chi connectivity index (χ0v) is 43.2. The van der Waals surface area contributed by atoms with Crippen LogP contribution in [-0.4, -0.2) is 138 Å². The summed E-state index contributed by atoms with van der Waals surface area (Å²) in [5.41, 5.74) is 0. The van der Waals surface area contributed by atoms with E-state index in [1.54, 1.807) is 0 Å². The maximum Gasteiger partial charge on any atom is 0.187 e. The number of ether oxygens (including phenoxy) is 3. The number of aliphatic hydroxyl groups excluding tert-OH is 1. The van der Waals surface area contributed by atoms with E-state index in [1.807, 2.05) is 0 Å².